The Hall–Kier alpha value is -1.44. The fourth-order valence-corrected chi connectivity index (χ4v) is 2.91. The third kappa shape index (κ3) is 4.03. The first kappa shape index (κ1) is 15.9. The second kappa shape index (κ2) is 6.55. The molecule has 0 aliphatic heterocycles. The van der Waals surface area contributed by atoms with Crippen molar-refractivity contribution in [2.24, 2.45) is 0 Å². The van der Waals surface area contributed by atoms with Crippen molar-refractivity contribution >= 4 is 37.5 Å². The molecule has 0 amide bonds. The van der Waals surface area contributed by atoms with Crippen LogP contribution in [-0.2, 0) is 0 Å². The SMILES string of the molecule is C[C@H](O)c1ccc(Oc2cc(Br)cc([N+](=O)[O-])c2)cc1Br. The lowest BCUT2D eigenvalue weighted by Crippen LogP contribution is -1.94. The monoisotopic (exact) mass is 415 g/mol. The molecule has 21 heavy (non-hydrogen) atoms. The number of rotatable bonds is 4. The van der Waals surface area contributed by atoms with Gasteiger partial charge in [0.05, 0.1) is 17.1 Å². The number of ether oxygens (including phenoxy) is 1. The van der Waals surface area contributed by atoms with Crippen LogP contribution in [0.3, 0.4) is 0 Å². The highest BCUT2D eigenvalue weighted by Gasteiger charge is 2.12. The molecule has 110 valence electrons. The highest BCUT2D eigenvalue weighted by molar-refractivity contribution is 9.10. The third-order valence-corrected chi connectivity index (χ3v) is 3.87. The van der Waals surface area contributed by atoms with Gasteiger partial charge in [0, 0.05) is 15.0 Å². The van der Waals surface area contributed by atoms with Crippen molar-refractivity contribution in [3.8, 4) is 11.5 Å². The maximum atomic E-state index is 10.8. The number of aliphatic hydroxyl groups is 1. The van der Waals surface area contributed by atoms with E-state index in [4.69, 9.17) is 4.74 Å². The lowest BCUT2D eigenvalue weighted by molar-refractivity contribution is -0.385. The molecule has 2 rings (SSSR count). The van der Waals surface area contributed by atoms with Crippen LogP contribution >= 0.6 is 31.9 Å². The van der Waals surface area contributed by atoms with Crippen molar-refractivity contribution in [2.45, 2.75) is 13.0 Å². The number of hydrogen-bond donors (Lipinski definition) is 1. The molecule has 0 unspecified atom stereocenters. The van der Waals surface area contributed by atoms with Gasteiger partial charge in [0.15, 0.2) is 0 Å². The summed E-state index contributed by atoms with van der Waals surface area (Å²) in [5.74, 6) is 0.867. The third-order valence-electron chi connectivity index (χ3n) is 2.72. The summed E-state index contributed by atoms with van der Waals surface area (Å²) in [7, 11) is 0. The van der Waals surface area contributed by atoms with E-state index in [1.165, 1.54) is 12.1 Å². The Bertz CT molecular complexity index is 689. The van der Waals surface area contributed by atoms with Gasteiger partial charge in [-0.1, -0.05) is 37.9 Å². The summed E-state index contributed by atoms with van der Waals surface area (Å²) in [4.78, 5) is 10.3. The largest absolute Gasteiger partial charge is 0.457 e. The molecule has 5 nitrogen and oxygen atoms in total. The zero-order valence-corrected chi connectivity index (χ0v) is 14.1. The minimum Gasteiger partial charge on any atom is -0.457 e. The van der Waals surface area contributed by atoms with Gasteiger partial charge < -0.3 is 9.84 Å². The molecule has 0 radical (unpaired) electrons. The van der Waals surface area contributed by atoms with Gasteiger partial charge in [-0.05, 0) is 30.7 Å². The summed E-state index contributed by atoms with van der Waals surface area (Å²) in [6.07, 6.45) is -0.597. The molecule has 0 heterocycles. The summed E-state index contributed by atoms with van der Waals surface area (Å²) < 4.78 is 6.89. The molecule has 0 spiro atoms. The summed E-state index contributed by atoms with van der Waals surface area (Å²) in [6, 6.07) is 9.52. The molecule has 2 aromatic rings. The quantitative estimate of drug-likeness (QED) is 0.564. The second-order valence-electron chi connectivity index (χ2n) is 4.36. The van der Waals surface area contributed by atoms with Crippen LogP contribution in [0.1, 0.15) is 18.6 Å². The standard InChI is InChI=1S/C14H11Br2NO4/c1-8(18)13-3-2-11(7-14(13)16)21-12-5-9(15)4-10(6-12)17(19)20/h2-8,18H,1H3/t8-/m0/s1. The molecule has 0 aliphatic rings. The summed E-state index contributed by atoms with van der Waals surface area (Å²) >= 11 is 6.57. The van der Waals surface area contributed by atoms with Crippen LogP contribution in [0.4, 0.5) is 5.69 Å². The topological polar surface area (TPSA) is 72.6 Å². The maximum absolute atomic E-state index is 10.8. The van der Waals surface area contributed by atoms with Crippen LogP contribution in [0.5, 0.6) is 11.5 Å². The highest BCUT2D eigenvalue weighted by atomic mass is 79.9. The first-order valence-electron chi connectivity index (χ1n) is 5.97. The molecule has 0 aromatic heterocycles. The Morgan fingerprint density at radius 3 is 2.48 bits per heavy atom. The zero-order chi connectivity index (χ0) is 15.6. The van der Waals surface area contributed by atoms with Gasteiger partial charge in [0.25, 0.3) is 5.69 Å². The van der Waals surface area contributed by atoms with Crippen LogP contribution in [-0.4, -0.2) is 10.0 Å². The fourth-order valence-electron chi connectivity index (χ4n) is 1.76. The number of benzene rings is 2. The van der Waals surface area contributed by atoms with E-state index in [0.717, 1.165) is 5.56 Å². The fraction of sp³-hybridized carbons (Fsp3) is 0.143. The first-order chi connectivity index (χ1) is 9.86. The Kier molecular flexibility index (Phi) is 4.97. The van der Waals surface area contributed by atoms with Crippen LogP contribution < -0.4 is 4.74 Å². The molecule has 0 fully saturated rings. The Labute approximate surface area is 138 Å². The number of aliphatic hydroxyl groups excluding tert-OH is 1. The Balaban J connectivity index is 2.30. The molecule has 7 heteroatoms. The van der Waals surface area contributed by atoms with Crippen molar-refractivity contribution in [3.63, 3.8) is 0 Å². The molecular weight excluding hydrogens is 406 g/mol. The minimum atomic E-state index is -0.597. The molecule has 0 aliphatic carbocycles. The van der Waals surface area contributed by atoms with Gasteiger partial charge in [-0.25, -0.2) is 0 Å². The number of nitro benzene ring substituents is 1. The Morgan fingerprint density at radius 2 is 1.90 bits per heavy atom. The van der Waals surface area contributed by atoms with Crippen molar-refractivity contribution in [1.82, 2.24) is 0 Å². The minimum absolute atomic E-state index is 0.0564. The lowest BCUT2D eigenvalue weighted by atomic mass is 10.1. The van der Waals surface area contributed by atoms with Crippen molar-refractivity contribution in [1.29, 1.82) is 0 Å². The average Bonchev–Trinajstić information content (AvgIpc) is 2.37. The second-order valence-corrected chi connectivity index (χ2v) is 6.13. The summed E-state index contributed by atoms with van der Waals surface area (Å²) in [5.41, 5.74) is 0.682. The van der Waals surface area contributed by atoms with E-state index in [1.807, 2.05) is 0 Å². The van der Waals surface area contributed by atoms with Gasteiger partial charge >= 0.3 is 0 Å². The van der Waals surface area contributed by atoms with Crippen LogP contribution in [0.15, 0.2) is 45.3 Å². The normalized spacial score (nSPS) is 12.0. The van der Waals surface area contributed by atoms with Gasteiger partial charge in [-0.2, -0.15) is 0 Å². The van der Waals surface area contributed by atoms with E-state index < -0.39 is 11.0 Å². The van der Waals surface area contributed by atoms with Crippen LogP contribution in [0, 0.1) is 10.1 Å². The predicted molar refractivity (Wildman–Crippen MR) is 85.6 cm³/mol. The number of nitro groups is 1. The number of nitrogens with zero attached hydrogens (tertiary/aromatic N) is 1. The maximum Gasteiger partial charge on any atom is 0.274 e. The van der Waals surface area contributed by atoms with E-state index >= 15 is 0 Å². The van der Waals surface area contributed by atoms with E-state index in [-0.39, 0.29) is 5.69 Å². The summed E-state index contributed by atoms with van der Waals surface area (Å²) in [6.45, 7) is 1.66. The van der Waals surface area contributed by atoms with Crippen molar-refractivity contribution < 1.29 is 14.8 Å². The smallest absolute Gasteiger partial charge is 0.274 e. The molecule has 2 aromatic carbocycles. The summed E-state index contributed by atoms with van der Waals surface area (Å²) in [5, 5.41) is 20.4. The number of halogens is 2. The van der Waals surface area contributed by atoms with Gasteiger partial charge in [-0.15, -0.1) is 0 Å². The first-order valence-corrected chi connectivity index (χ1v) is 7.56. The molecule has 0 bridgehead atoms. The van der Waals surface area contributed by atoms with Gasteiger partial charge in [-0.3, -0.25) is 10.1 Å². The molecule has 0 saturated carbocycles. The predicted octanol–water partition coefficient (Wildman–Crippen LogP) is 4.97. The molecular formula is C14H11Br2NO4. The van der Waals surface area contributed by atoms with Crippen molar-refractivity contribution in [2.75, 3.05) is 0 Å². The van der Waals surface area contributed by atoms with Crippen molar-refractivity contribution in [3.05, 3.63) is 61.0 Å². The number of hydrogen-bond acceptors (Lipinski definition) is 4. The molecule has 0 saturated heterocycles. The van der Waals surface area contributed by atoms with E-state index in [0.29, 0.717) is 20.4 Å². The molecule has 1 atom stereocenters. The lowest BCUT2D eigenvalue weighted by Gasteiger charge is -2.11. The van der Waals surface area contributed by atoms with Gasteiger partial charge in [0.2, 0.25) is 0 Å². The zero-order valence-electron chi connectivity index (χ0n) is 10.9. The van der Waals surface area contributed by atoms with Crippen LogP contribution in [0.25, 0.3) is 0 Å². The van der Waals surface area contributed by atoms with E-state index in [2.05, 4.69) is 31.9 Å². The number of non-ortho nitro benzene ring substituents is 1. The highest BCUT2D eigenvalue weighted by Crippen LogP contribution is 2.33. The van der Waals surface area contributed by atoms with E-state index in [9.17, 15) is 15.2 Å². The van der Waals surface area contributed by atoms with Crippen LogP contribution in [0.2, 0.25) is 0 Å². The Morgan fingerprint density at radius 1 is 1.19 bits per heavy atom. The van der Waals surface area contributed by atoms with Gasteiger partial charge in [0.1, 0.15) is 11.5 Å². The van der Waals surface area contributed by atoms with E-state index in [1.54, 1.807) is 31.2 Å². The average molecular weight is 417 g/mol. The molecule has 1 N–H and O–H groups in total.